The van der Waals surface area contributed by atoms with E-state index in [0.717, 1.165) is 0 Å². The van der Waals surface area contributed by atoms with Gasteiger partial charge in [-0.3, -0.25) is 15.0 Å². The van der Waals surface area contributed by atoms with E-state index in [2.05, 4.69) is 5.43 Å². The molecule has 0 heterocycles. The molecule has 2 aromatic rings. The minimum Gasteiger partial charge on any atom is -0.267 e. The van der Waals surface area contributed by atoms with Gasteiger partial charge in [0.25, 0.3) is 11.8 Å². The summed E-state index contributed by atoms with van der Waals surface area (Å²) in [6.45, 7) is 5.38. The first-order valence-electron chi connectivity index (χ1n) is 7.74. The Kier molecular flexibility index (Phi) is 9.80. The lowest BCUT2D eigenvalue weighted by Crippen LogP contribution is -2.55. The summed E-state index contributed by atoms with van der Waals surface area (Å²) >= 11 is 11.9. The molecule has 0 spiro atoms. The van der Waals surface area contributed by atoms with Crippen molar-refractivity contribution in [2.45, 2.75) is 26.3 Å². The average molecular weight is 463 g/mol. The van der Waals surface area contributed by atoms with Gasteiger partial charge in [-0.05, 0) is 63.2 Å². The number of nitrogens with zero attached hydrogens (tertiary/aromatic N) is 2. The summed E-state index contributed by atoms with van der Waals surface area (Å²) in [5, 5.41) is 10.7. The molecule has 5 nitrogen and oxygen atoms in total. The molecular weight excluding hydrogens is 444 g/mol. The predicted octanol–water partition coefficient (Wildman–Crippen LogP) is 5.29. The van der Waals surface area contributed by atoms with Crippen LogP contribution in [0.2, 0.25) is 10.0 Å². The second-order valence-electron chi connectivity index (χ2n) is 6.57. The zero-order valence-electron chi connectivity index (χ0n) is 15.3. The van der Waals surface area contributed by atoms with E-state index in [1.165, 1.54) is 41.4 Å². The predicted molar refractivity (Wildman–Crippen MR) is 116 cm³/mol. The molecule has 0 atom stereocenters. The summed E-state index contributed by atoms with van der Waals surface area (Å²) < 4.78 is 0. The minimum atomic E-state index is -0.689. The van der Waals surface area contributed by atoms with Gasteiger partial charge in [0.15, 0.2) is 0 Å². The van der Waals surface area contributed by atoms with E-state index >= 15 is 0 Å². The van der Waals surface area contributed by atoms with Gasteiger partial charge in [-0.15, -0.1) is 24.8 Å². The van der Waals surface area contributed by atoms with Gasteiger partial charge in [-0.25, -0.2) is 5.01 Å². The number of benzene rings is 2. The molecule has 1 N–H and O–H groups in total. The molecule has 0 aliphatic heterocycles. The first-order chi connectivity index (χ1) is 12.1. The lowest BCUT2D eigenvalue weighted by Gasteiger charge is -2.35. The van der Waals surface area contributed by atoms with Gasteiger partial charge in [0.2, 0.25) is 0 Å². The fourth-order valence-corrected chi connectivity index (χ4v) is 2.44. The van der Waals surface area contributed by atoms with E-state index < -0.39 is 17.4 Å². The molecule has 0 saturated carbocycles. The van der Waals surface area contributed by atoms with Crippen molar-refractivity contribution in [2.75, 3.05) is 0 Å². The van der Waals surface area contributed by atoms with Crippen LogP contribution in [0.4, 0.5) is 0 Å². The Morgan fingerprint density at radius 3 is 1.96 bits per heavy atom. The molecule has 0 aliphatic rings. The van der Waals surface area contributed by atoms with Crippen LogP contribution >= 0.6 is 48.0 Å². The van der Waals surface area contributed by atoms with Crippen LogP contribution < -0.4 is 5.43 Å². The molecule has 0 bridgehead atoms. The summed E-state index contributed by atoms with van der Waals surface area (Å²) in [5.74, 6) is -0.879. The third-order valence-corrected chi connectivity index (χ3v) is 4.27. The van der Waals surface area contributed by atoms with Crippen molar-refractivity contribution in [3.8, 4) is 6.07 Å². The zero-order valence-corrected chi connectivity index (χ0v) is 18.5. The Balaban J connectivity index is 0.00000364. The highest BCUT2D eigenvalue weighted by atomic mass is 35.5. The molecule has 0 saturated heterocycles. The van der Waals surface area contributed by atoms with Gasteiger partial charge in [-0.2, -0.15) is 5.26 Å². The topological polar surface area (TPSA) is 73.2 Å². The average Bonchev–Trinajstić information content (AvgIpc) is 2.60. The number of amides is 2. The largest absolute Gasteiger partial charge is 0.272 e. The first-order valence-corrected chi connectivity index (χ1v) is 8.50. The Labute approximate surface area is 186 Å². The van der Waals surface area contributed by atoms with Crippen LogP contribution in [-0.2, 0) is 0 Å². The van der Waals surface area contributed by atoms with Crippen molar-refractivity contribution in [1.82, 2.24) is 10.4 Å². The van der Waals surface area contributed by atoms with Gasteiger partial charge in [-0.1, -0.05) is 23.2 Å². The SMILES string of the molecule is CC(C)(C)N(NC(=O)c1ccc(C#N)cc1)C(=O)c1ccc(Cl)c(Cl)c1.Cl.Cl. The van der Waals surface area contributed by atoms with Gasteiger partial charge in [0.1, 0.15) is 0 Å². The second-order valence-corrected chi connectivity index (χ2v) is 7.38. The minimum absolute atomic E-state index is 0. The molecule has 0 radical (unpaired) electrons. The maximum absolute atomic E-state index is 12.9. The summed E-state index contributed by atoms with van der Waals surface area (Å²) in [6, 6.07) is 12.6. The van der Waals surface area contributed by atoms with Gasteiger partial charge in [0.05, 0.1) is 27.2 Å². The van der Waals surface area contributed by atoms with E-state index in [0.29, 0.717) is 21.7 Å². The molecule has 150 valence electrons. The number of carbonyl (C=O) groups is 2. The maximum atomic E-state index is 12.9. The summed E-state index contributed by atoms with van der Waals surface area (Å²) in [4.78, 5) is 25.4. The Bertz CT molecular complexity index is 888. The Morgan fingerprint density at radius 1 is 0.964 bits per heavy atom. The van der Waals surface area contributed by atoms with E-state index in [1.54, 1.807) is 26.8 Å². The van der Waals surface area contributed by atoms with Crippen LogP contribution in [0.1, 0.15) is 47.1 Å². The van der Waals surface area contributed by atoms with Crippen molar-refractivity contribution >= 4 is 59.8 Å². The fourth-order valence-electron chi connectivity index (χ4n) is 2.14. The number of carbonyl (C=O) groups excluding carboxylic acids is 2. The smallest absolute Gasteiger partial charge is 0.267 e. The molecule has 2 aromatic carbocycles. The standard InChI is InChI=1S/C19H17Cl2N3O2.2ClH/c1-19(2,3)24(18(26)14-8-9-15(20)16(21)10-14)23-17(25)13-6-4-12(11-22)5-7-13;;/h4-10H,1-3H3,(H,23,25);2*1H. The number of halogens is 4. The fraction of sp³-hybridized carbons (Fsp3) is 0.211. The highest BCUT2D eigenvalue weighted by Gasteiger charge is 2.30. The van der Waals surface area contributed by atoms with Crippen molar-refractivity contribution in [2.24, 2.45) is 0 Å². The third-order valence-electron chi connectivity index (χ3n) is 3.53. The number of nitrogens with one attached hydrogen (secondary N) is 1. The van der Waals surface area contributed by atoms with Crippen molar-refractivity contribution < 1.29 is 9.59 Å². The molecule has 0 aliphatic carbocycles. The number of hydrogen-bond acceptors (Lipinski definition) is 3. The molecule has 2 rings (SSSR count). The first kappa shape index (κ1) is 26.0. The highest BCUT2D eigenvalue weighted by molar-refractivity contribution is 6.42. The van der Waals surface area contributed by atoms with Crippen molar-refractivity contribution in [3.63, 3.8) is 0 Å². The number of hydrazine groups is 1. The van der Waals surface area contributed by atoms with E-state index in [-0.39, 0.29) is 29.8 Å². The highest BCUT2D eigenvalue weighted by Crippen LogP contribution is 2.24. The monoisotopic (exact) mass is 461 g/mol. The Hall–Kier alpha value is -1.97. The van der Waals surface area contributed by atoms with Crippen LogP contribution in [0.3, 0.4) is 0 Å². The molecule has 0 aromatic heterocycles. The summed E-state index contributed by atoms with van der Waals surface area (Å²) in [7, 11) is 0. The van der Waals surface area contributed by atoms with Crippen molar-refractivity contribution in [1.29, 1.82) is 5.26 Å². The molecular formula is C19H19Cl4N3O2. The quantitative estimate of drug-likeness (QED) is 0.615. The van der Waals surface area contributed by atoms with Crippen molar-refractivity contribution in [3.05, 3.63) is 69.2 Å². The molecule has 28 heavy (non-hydrogen) atoms. The van der Waals surface area contributed by atoms with Crippen LogP contribution in [0.15, 0.2) is 42.5 Å². The van der Waals surface area contributed by atoms with Crippen LogP contribution in [0.25, 0.3) is 0 Å². The summed E-state index contributed by atoms with van der Waals surface area (Å²) in [6.07, 6.45) is 0. The molecule has 0 fully saturated rings. The van der Waals surface area contributed by atoms with Crippen LogP contribution in [0, 0.1) is 11.3 Å². The maximum Gasteiger partial charge on any atom is 0.272 e. The van der Waals surface area contributed by atoms with E-state index in [1.807, 2.05) is 6.07 Å². The molecule has 0 unspecified atom stereocenters. The second kappa shape index (κ2) is 10.5. The van der Waals surface area contributed by atoms with E-state index in [9.17, 15) is 9.59 Å². The normalized spacial score (nSPS) is 10.0. The summed E-state index contributed by atoms with van der Waals surface area (Å²) in [5.41, 5.74) is 3.02. The molecule has 2 amide bonds. The number of hydrogen-bond donors (Lipinski definition) is 1. The van der Waals surface area contributed by atoms with Crippen LogP contribution in [-0.4, -0.2) is 22.4 Å². The van der Waals surface area contributed by atoms with Gasteiger partial charge < -0.3 is 0 Å². The third kappa shape index (κ3) is 6.29. The Morgan fingerprint density at radius 2 is 1.50 bits per heavy atom. The number of nitriles is 1. The molecule has 9 heteroatoms. The van der Waals surface area contributed by atoms with E-state index in [4.69, 9.17) is 28.5 Å². The van der Waals surface area contributed by atoms with Gasteiger partial charge >= 0.3 is 0 Å². The number of rotatable bonds is 2. The van der Waals surface area contributed by atoms with Gasteiger partial charge in [0, 0.05) is 11.1 Å². The zero-order chi connectivity index (χ0) is 19.5. The lowest BCUT2D eigenvalue weighted by atomic mass is 10.1. The van der Waals surface area contributed by atoms with Crippen LogP contribution in [0.5, 0.6) is 0 Å². The lowest BCUT2D eigenvalue weighted by molar-refractivity contribution is 0.0358.